The van der Waals surface area contributed by atoms with Crippen molar-refractivity contribution in [1.82, 2.24) is 10.2 Å². The number of carbonyl (C=O) groups is 2. The van der Waals surface area contributed by atoms with Crippen molar-refractivity contribution in [3.8, 4) is 0 Å². The summed E-state index contributed by atoms with van der Waals surface area (Å²) >= 11 is 1.86. The number of nitrogens with one attached hydrogen (secondary N) is 1. The van der Waals surface area contributed by atoms with Crippen LogP contribution in [0.2, 0.25) is 0 Å². The van der Waals surface area contributed by atoms with Gasteiger partial charge in [-0.15, -0.1) is 0 Å². The highest BCUT2D eigenvalue weighted by molar-refractivity contribution is 7.99. The molecule has 0 aliphatic carbocycles. The van der Waals surface area contributed by atoms with Crippen molar-refractivity contribution in [1.29, 1.82) is 0 Å². The van der Waals surface area contributed by atoms with Crippen LogP contribution < -0.4 is 5.32 Å². The van der Waals surface area contributed by atoms with E-state index in [1.54, 1.807) is 4.90 Å². The molecule has 1 fully saturated rings. The standard InChI is InChI=1S/C12H22N2O3S/c1-8(2)10(11(15)16)6-13-12(17)14-4-5-18-9(3)7-14/h8-10H,4-7H2,1-3H3,(H,13,17)(H,15,16). The van der Waals surface area contributed by atoms with E-state index in [1.807, 2.05) is 25.6 Å². The predicted octanol–water partition coefficient (Wildman–Crippen LogP) is 1.49. The third-order valence-corrected chi connectivity index (χ3v) is 4.26. The van der Waals surface area contributed by atoms with Gasteiger partial charge in [0.15, 0.2) is 0 Å². The van der Waals surface area contributed by atoms with Crippen LogP contribution in [0.3, 0.4) is 0 Å². The third kappa shape index (κ3) is 4.40. The summed E-state index contributed by atoms with van der Waals surface area (Å²) in [6.07, 6.45) is 0. The van der Waals surface area contributed by atoms with Crippen LogP contribution in [-0.4, -0.2) is 52.6 Å². The molecule has 104 valence electrons. The molecule has 0 spiro atoms. The number of thioether (sulfide) groups is 1. The monoisotopic (exact) mass is 274 g/mol. The molecule has 0 bridgehead atoms. The van der Waals surface area contributed by atoms with E-state index in [-0.39, 0.29) is 18.5 Å². The van der Waals surface area contributed by atoms with Gasteiger partial charge in [-0.1, -0.05) is 20.8 Å². The molecule has 1 saturated heterocycles. The smallest absolute Gasteiger partial charge is 0.317 e. The Morgan fingerprint density at radius 2 is 2.17 bits per heavy atom. The predicted molar refractivity (Wildman–Crippen MR) is 72.9 cm³/mol. The number of carbonyl (C=O) groups excluding carboxylic acids is 1. The molecule has 18 heavy (non-hydrogen) atoms. The first-order valence-corrected chi connectivity index (χ1v) is 7.34. The zero-order valence-corrected chi connectivity index (χ0v) is 12.0. The normalized spacial score (nSPS) is 21.8. The van der Waals surface area contributed by atoms with E-state index in [2.05, 4.69) is 12.2 Å². The SMILES string of the molecule is CC1CN(C(=O)NCC(C(=O)O)C(C)C)CCS1. The van der Waals surface area contributed by atoms with E-state index in [9.17, 15) is 9.59 Å². The van der Waals surface area contributed by atoms with E-state index in [4.69, 9.17) is 5.11 Å². The molecule has 6 heteroatoms. The Morgan fingerprint density at radius 3 is 2.67 bits per heavy atom. The van der Waals surface area contributed by atoms with Crippen molar-refractivity contribution in [2.24, 2.45) is 11.8 Å². The summed E-state index contributed by atoms with van der Waals surface area (Å²) in [6, 6.07) is -0.144. The second kappa shape index (κ2) is 6.87. The molecule has 0 aromatic heterocycles. The second-order valence-electron chi connectivity index (χ2n) is 5.00. The average molecular weight is 274 g/mol. The summed E-state index contributed by atoms with van der Waals surface area (Å²) < 4.78 is 0. The van der Waals surface area contributed by atoms with E-state index in [0.29, 0.717) is 5.25 Å². The molecule has 2 N–H and O–H groups in total. The van der Waals surface area contributed by atoms with Crippen LogP contribution >= 0.6 is 11.8 Å². The van der Waals surface area contributed by atoms with Crippen molar-refractivity contribution >= 4 is 23.8 Å². The number of hydrogen-bond acceptors (Lipinski definition) is 3. The minimum atomic E-state index is -0.854. The Bertz CT molecular complexity index is 310. The van der Waals surface area contributed by atoms with Gasteiger partial charge in [0.25, 0.3) is 0 Å². The molecule has 1 aliphatic heterocycles. The number of urea groups is 1. The van der Waals surface area contributed by atoms with E-state index in [1.165, 1.54) is 0 Å². The zero-order valence-electron chi connectivity index (χ0n) is 11.2. The number of rotatable bonds is 4. The molecule has 0 aromatic rings. The largest absolute Gasteiger partial charge is 0.481 e. The minimum Gasteiger partial charge on any atom is -0.481 e. The fraction of sp³-hybridized carbons (Fsp3) is 0.833. The Kier molecular flexibility index (Phi) is 5.78. The maximum absolute atomic E-state index is 11.9. The molecule has 2 unspecified atom stereocenters. The van der Waals surface area contributed by atoms with Gasteiger partial charge in [0, 0.05) is 30.6 Å². The Balaban J connectivity index is 2.42. The molecule has 2 atom stereocenters. The van der Waals surface area contributed by atoms with Crippen molar-refractivity contribution in [3.05, 3.63) is 0 Å². The first-order valence-electron chi connectivity index (χ1n) is 6.29. The summed E-state index contributed by atoms with van der Waals surface area (Å²) in [6.45, 7) is 7.47. The molecular formula is C12H22N2O3S. The van der Waals surface area contributed by atoms with Crippen LogP contribution in [0.4, 0.5) is 4.79 Å². The second-order valence-corrected chi connectivity index (χ2v) is 6.55. The van der Waals surface area contributed by atoms with Crippen LogP contribution in [0.25, 0.3) is 0 Å². The lowest BCUT2D eigenvalue weighted by atomic mass is 9.96. The molecule has 5 nitrogen and oxygen atoms in total. The number of aliphatic carboxylic acids is 1. The lowest BCUT2D eigenvalue weighted by Crippen LogP contribution is -2.48. The van der Waals surface area contributed by atoms with E-state index in [0.717, 1.165) is 18.8 Å². The van der Waals surface area contributed by atoms with Gasteiger partial charge in [-0.05, 0) is 5.92 Å². The lowest BCUT2D eigenvalue weighted by molar-refractivity contribution is -0.142. The van der Waals surface area contributed by atoms with Gasteiger partial charge in [0.05, 0.1) is 5.92 Å². The number of amides is 2. The molecule has 0 radical (unpaired) electrons. The van der Waals surface area contributed by atoms with Gasteiger partial charge < -0.3 is 15.3 Å². The summed E-state index contributed by atoms with van der Waals surface area (Å²) in [7, 11) is 0. The van der Waals surface area contributed by atoms with Crippen molar-refractivity contribution < 1.29 is 14.7 Å². The summed E-state index contributed by atoms with van der Waals surface area (Å²) in [5.41, 5.74) is 0. The quantitative estimate of drug-likeness (QED) is 0.815. The Labute approximate surface area is 112 Å². The molecular weight excluding hydrogens is 252 g/mol. The Hall–Kier alpha value is -0.910. The van der Waals surface area contributed by atoms with Crippen LogP contribution in [0.15, 0.2) is 0 Å². The fourth-order valence-corrected chi connectivity index (χ4v) is 2.93. The van der Waals surface area contributed by atoms with Gasteiger partial charge in [0.1, 0.15) is 0 Å². The first-order chi connectivity index (χ1) is 8.41. The molecule has 0 aromatic carbocycles. The van der Waals surface area contributed by atoms with Gasteiger partial charge in [-0.25, -0.2) is 4.79 Å². The number of nitrogens with zero attached hydrogens (tertiary/aromatic N) is 1. The number of carboxylic acids is 1. The van der Waals surface area contributed by atoms with Gasteiger partial charge in [-0.3, -0.25) is 4.79 Å². The maximum atomic E-state index is 11.9. The minimum absolute atomic E-state index is 0.0126. The Morgan fingerprint density at radius 1 is 1.50 bits per heavy atom. The van der Waals surface area contributed by atoms with Crippen molar-refractivity contribution in [2.45, 2.75) is 26.0 Å². The van der Waals surface area contributed by atoms with Crippen molar-refractivity contribution in [3.63, 3.8) is 0 Å². The van der Waals surface area contributed by atoms with E-state index >= 15 is 0 Å². The zero-order chi connectivity index (χ0) is 13.7. The fourth-order valence-electron chi connectivity index (χ4n) is 1.92. The first kappa shape index (κ1) is 15.1. The van der Waals surface area contributed by atoms with Gasteiger partial charge in [0.2, 0.25) is 0 Å². The van der Waals surface area contributed by atoms with Crippen molar-refractivity contribution in [2.75, 3.05) is 25.4 Å². The van der Waals surface area contributed by atoms with Crippen LogP contribution in [0.5, 0.6) is 0 Å². The van der Waals surface area contributed by atoms with Crippen LogP contribution in [0, 0.1) is 11.8 Å². The molecule has 2 amide bonds. The lowest BCUT2D eigenvalue weighted by Gasteiger charge is -2.31. The summed E-state index contributed by atoms with van der Waals surface area (Å²) in [4.78, 5) is 24.7. The highest BCUT2D eigenvalue weighted by Crippen LogP contribution is 2.17. The topological polar surface area (TPSA) is 69.6 Å². The van der Waals surface area contributed by atoms with Gasteiger partial charge in [-0.2, -0.15) is 11.8 Å². The highest BCUT2D eigenvalue weighted by Gasteiger charge is 2.25. The molecule has 1 aliphatic rings. The molecule has 1 rings (SSSR count). The number of carboxylic acid groups (broad SMARTS) is 1. The number of hydrogen-bond donors (Lipinski definition) is 2. The van der Waals surface area contributed by atoms with Crippen LogP contribution in [-0.2, 0) is 4.79 Å². The average Bonchev–Trinajstić information content (AvgIpc) is 2.28. The van der Waals surface area contributed by atoms with Gasteiger partial charge >= 0.3 is 12.0 Å². The summed E-state index contributed by atoms with van der Waals surface area (Å²) in [5, 5.41) is 12.2. The molecule has 0 saturated carbocycles. The highest BCUT2D eigenvalue weighted by atomic mass is 32.2. The third-order valence-electron chi connectivity index (χ3n) is 3.12. The van der Waals surface area contributed by atoms with Crippen LogP contribution in [0.1, 0.15) is 20.8 Å². The maximum Gasteiger partial charge on any atom is 0.317 e. The summed E-state index contributed by atoms with van der Waals surface area (Å²) in [5.74, 6) is -0.418. The molecule has 1 heterocycles. The van der Waals surface area contributed by atoms with E-state index < -0.39 is 11.9 Å².